The molecule has 0 spiro atoms. The molecule has 2 heterocycles. The molecule has 2 N–H and O–H groups in total. The summed E-state index contributed by atoms with van der Waals surface area (Å²) in [4.78, 5) is 30.5. The van der Waals surface area contributed by atoms with E-state index in [4.69, 9.17) is 26.1 Å². The molecule has 39 heavy (non-hydrogen) atoms. The molecule has 200 valence electrons. The van der Waals surface area contributed by atoms with Crippen LogP contribution in [-0.4, -0.2) is 54.3 Å². The summed E-state index contributed by atoms with van der Waals surface area (Å²) >= 11 is 8.77. The molecular weight excluding hydrogens is 590 g/mol. The number of carbonyl (C=O) groups is 1. The number of nitro benzene ring substituents is 1. The summed E-state index contributed by atoms with van der Waals surface area (Å²) in [7, 11) is 1.59. The number of nitro groups is 1. The first-order valence-corrected chi connectivity index (χ1v) is 13.0. The monoisotopic (exact) mass is 611 g/mol. The number of amides is 1. The second-order valence-corrected chi connectivity index (χ2v) is 9.78. The van der Waals surface area contributed by atoms with Crippen LogP contribution in [0.3, 0.4) is 0 Å². The van der Waals surface area contributed by atoms with Gasteiger partial charge >= 0.3 is 0 Å². The standard InChI is InChI=1S/C26H22BrN5O6S/c1-36-22-6-3-16(12-18(22)27)25-29-19-14-17(4-7-23(19)38-25)28-26(39)30-24(33)15-2-5-20(21(13-15)32(34)35)31-8-10-37-11-9-31/h2-7,12-14H,8-11H2,1H3,(H2,28,30,33,39). The highest BCUT2D eigenvalue weighted by molar-refractivity contribution is 9.10. The average molecular weight is 612 g/mol. The number of morpholine rings is 1. The number of halogens is 1. The third-order valence-corrected chi connectivity index (χ3v) is 6.88. The largest absolute Gasteiger partial charge is 0.496 e. The van der Waals surface area contributed by atoms with Gasteiger partial charge in [-0.25, -0.2) is 4.98 Å². The van der Waals surface area contributed by atoms with Gasteiger partial charge in [-0.05, 0) is 76.7 Å². The second kappa shape index (κ2) is 11.4. The average Bonchev–Trinajstić information content (AvgIpc) is 3.36. The lowest BCUT2D eigenvalue weighted by Crippen LogP contribution is -2.37. The normalized spacial score (nSPS) is 13.2. The van der Waals surface area contributed by atoms with Crippen molar-refractivity contribution in [2.75, 3.05) is 43.6 Å². The molecule has 11 nitrogen and oxygen atoms in total. The third-order valence-electron chi connectivity index (χ3n) is 6.06. The van der Waals surface area contributed by atoms with Crippen LogP contribution in [0.2, 0.25) is 0 Å². The SMILES string of the molecule is COc1ccc(-c2nc3cc(NC(=S)NC(=O)c4ccc(N5CCOCC5)c([N+](=O)[O-])c4)ccc3o2)cc1Br. The van der Waals surface area contributed by atoms with Gasteiger partial charge in [-0.3, -0.25) is 20.2 Å². The van der Waals surface area contributed by atoms with Gasteiger partial charge in [-0.15, -0.1) is 0 Å². The fourth-order valence-corrected chi connectivity index (χ4v) is 4.90. The molecule has 1 amide bonds. The van der Waals surface area contributed by atoms with Crippen molar-refractivity contribution in [3.8, 4) is 17.2 Å². The topological polar surface area (TPSA) is 132 Å². The lowest BCUT2D eigenvalue weighted by molar-refractivity contribution is -0.384. The maximum absolute atomic E-state index is 12.8. The predicted octanol–water partition coefficient (Wildman–Crippen LogP) is 5.14. The van der Waals surface area contributed by atoms with Crippen molar-refractivity contribution >= 4 is 67.3 Å². The van der Waals surface area contributed by atoms with Crippen LogP contribution in [0.1, 0.15) is 10.4 Å². The Hall–Kier alpha value is -4.07. The molecule has 4 aromatic rings. The Morgan fingerprint density at radius 1 is 1.15 bits per heavy atom. The first-order valence-electron chi connectivity index (χ1n) is 11.8. The van der Waals surface area contributed by atoms with E-state index in [2.05, 4.69) is 31.5 Å². The quantitative estimate of drug-likeness (QED) is 0.171. The molecule has 1 fully saturated rings. The highest BCUT2D eigenvalue weighted by Gasteiger charge is 2.23. The summed E-state index contributed by atoms with van der Waals surface area (Å²) in [6.07, 6.45) is 0. The number of nitrogens with zero attached hydrogens (tertiary/aromatic N) is 3. The van der Waals surface area contributed by atoms with Gasteiger partial charge in [0.2, 0.25) is 5.89 Å². The molecule has 13 heteroatoms. The van der Waals surface area contributed by atoms with Gasteiger partial charge < -0.3 is 24.1 Å². The Labute approximate surface area is 236 Å². The third kappa shape index (κ3) is 5.85. The van der Waals surface area contributed by atoms with E-state index in [0.717, 1.165) is 10.0 Å². The van der Waals surface area contributed by atoms with Gasteiger partial charge in [-0.1, -0.05) is 0 Å². The van der Waals surface area contributed by atoms with Crippen molar-refractivity contribution in [2.45, 2.75) is 0 Å². The van der Waals surface area contributed by atoms with Crippen molar-refractivity contribution in [1.82, 2.24) is 10.3 Å². The van der Waals surface area contributed by atoms with Crippen molar-refractivity contribution < 1.29 is 23.6 Å². The van der Waals surface area contributed by atoms with Crippen LogP contribution in [0.5, 0.6) is 5.75 Å². The minimum Gasteiger partial charge on any atom is -0.496 e. The highest BCUT2D eigenvalue weighted by Crippen LogP contribution is 2.33. The Balaban J connectivity index is 1.28. The maximum atomic E-state index is 12.8. The molecule has 3 aromatic carbocycles. The zero-order valence-electron chi connectivity index (χ0n) is 20.6. The Bertz CT molecular complexity index is 1590. The smallest absolute Gasteiger partial charge is 0.293 e. The molecule has 0 aliphatic carbocycles. The molecule has 0 radical (unpaired) electrons. The number of oxazole rings is 1. The number of ether oxygens (including phenoxy) is 2. The van der Waals surface area contributed by atoms with E-state index in [1.165, 1.54) is 12.1 Å². The summed E-state index contributed by atoms with van der Waals surface area (Å²) < 4.78 is 17.2. The van der Waals surface area contributed by atoms with Crippen LogP contribution in [-0.2, 0) is 4.74 Å². The Morgan fingerprint density at radius 2 is 1.95 bits per heavy atom. The Morgan fingerprint density at radius 3 is 2.67 bits per heavy atom. The summed E-state index contributed by atoms with van der Waals surface area (Å²) in [5.74, 6) is 0.557. The first-order chi connectivity index (χ1) is 18.8. The van der Waals surface area contributed by atoms with Gasteiger partial charge in [0, 0.05) is 36.0 Å². The molecule has 0 saturated carbocycles. The van der Waals surface area contributed by atoms with Gasteiger partial charge in [0.05, 0.1) is 29.7 Å². The number of hydrogen-bond donors (Lipinski definition) is 2. The number of nitrogens with one attached hydrogen (secondary N) is 2. The highest BCUT2D eigenvalue weighted by atomic mass is 79.9. The molecule has 1 aromatic heterocycles. The van der Waals surface area contributed by atoms with Gasteiger partial charge in [-0.2, -0.15) is 0 Å². The van der Waals surface area contributed by atoms with Gasteiger partial charge in [0.15, 0.2) is 10.7 Å². The molecule has 1 aliphatic heterocycles. The van der Waals surface area contributed by atoms with E-state index in [-0.39, 0.29) is 16.4 Å². The maximum Gasteiger partial charge on any atom is 0.293 e. The minimum absolute atomic E-state index is 0.0297. The number of methoxy groups -OCH3 is 1. The number of carbonyl (C=O) groups excluding carboxylic acids is 1. The molecule has 0 atom stereocenters. The number of fused-ring (bicyclic) bond motifs is 1. The van der Waals surface area contributed by atoms with Crippen LogP contribution in [0.4, 0.5) is 17.1 Å². The van der Waals surface area contributed by atoms with Crippen LogP contribution in [0.15, 0.2) is 63.5 Å². The predicted molar refractivity (Wildman–Crippen MR) is 154 cm³/mol. The number of hydrogen-bond acceptors (Lipinski definition) is 9. The number of anilines is 2. The lowest BCUT2D eigenvalue weighted by Gasteiger charge is -2.28. The number of benzene rings is 3. The van der Waals surface area contributed by atoms with Crippen LogP contribution < -0.4 is 20.3 Å². The van der Waals surface area contributed by atoms with E-state index in [9.17, 15) is 14.9 Å². The van der Waals surface area contributed by atoms with Gasteiger partial charge in [0.1, 0.15) is 17.0 Å². The number of rotatable bonds is 6. The van der Waals surface area contributed by atoms with E-state index < -0.39 is 10.8 Å². The van der Waals surface area contributed by atoms with Crippen LogP contribution in [0, 0.1) is 10.1 Å². The fourth-order valence-electron chi connectivity index (χ4n) is 4.15. The summed E-state index contributed by atoms with van der Waals surface area (Å²) in [6.45, 7) is 2.05. The second-order valence-electron chi connectivity index (χ2n) is 8.52. The molecule has 1 saturated heterocycles. The van der Waals surface area contributed by atoms with Crippen molar-refractivity contribution in [3.05, 3.63) is 74.7 Å². The van der Waals surface area contributed by atoms with Gasteiger partial charge in [0.25, 0.3) is 11.6 Å². The summed E-state index contributed by atoms with van der Waals surface area (Å²) in [5, 5.41) is 17.2. The first kappa shape index (κ1) is 26.5. The molecular formula is C26H22BrN5O6S. The van der Waals surface area contributed by atoms with E-state index >= 15 is 0 Å². The van der Waals surface area contributed by atoms with E-state index in [1.807, 2.05) is 23.1 Å². The Kier molecular flexibility index (Phi) is 7.72. The molecule has 5 rings (SSSR count). The number of aromatic nitrogens is 1. The minimum atomic E-state index is -0.570. The van der Waals surface area contributed by atoms with E-state index in [0.29, 0.717) is 60.4 Å². The molecule has 0 bridgehead atoms. The number of thiocarbonyl (C=S) groups is 1. The van der Waals surface area contributed by atoms with Crippen molar-refractivity contribution in [2.24, 2.45) is 0 Å². The van der Waals surface area contributed by atoms with Crippen molar-refractivity contribution in [1.29, 1.82) is 0 Å². The lowest BCUT2D eigenvalue weighted by atomic mass is 10.1. The van der Waals surface area contributed by atoms with Crippen molar-refractivity contribution in [3.63, 3.8) is 0 Å². The molecule has 0 unspecified atom stereocenters. The van der Waals surface area contributed by atoms with Crippen LogP contribution >= 0.6 is 28.1 Å². The summed E-state index contributed by atoms with van der Waals surface area (Å²) in [6, 6.07) is 15.1. The molecule has 1 aliphatic rings. The zero-order valence-corrected chi connectivity index (χ0v) is 23.0. The van der Waals surface area contributed by atoms with E-state index in [1.54, 1.807) is 31.4 Å². The fraction of sp³-hybridized carbons (Fsp3) is 0.192. The zero-order chi connectivity index (χ0) is 27.5. The summed E-state index contributed by atoms with van der Waals surface area (Å²) in [5.41, 5.74) is 2.92. The van der Waals surface area contributed by atoms with Crippen LogP contribution in [0.25, 0.3) is 22.6 Å².